The van der Waals surface area contributed by atoms with Crippen molar-refractivity contribution in [1.82, 2.24) is 0 Å². The van der Waals surface area contributed by atoms with Crippen molar-refractivity contribution < 1.29 is 25.2 Å². The van der Waals surface area contributed by atoms with Crippen molar-refractivity contribution in [1.29, 1.82) is 0 Å². The topological polar surface area (TPSA) is 98.0 Å². The van der Waals surface area contributed by atoms with Crippen LogP contribution in [0.1, 0.15) is 72.6 Å². The van der Waals surface area contributed by atoms with Gasteiger partial charge >= 0.3 is 5.97 Å². The summed E-state index contributed by atoms with van der Waals surface area (Å²) in [5.41, 5.74) is 0.112. The molecule has 0 aromatic rings. The predicted molar refractivity (Wildman–Crippen MR) is 124 cm³/mol. The molecule has 0 amide bonds. The summed E-state index contributed by atoms with van der Waals surface area (Å²) in [6.45, 7) is 8.28. The van der Waals surface area contributed by atoms with E-state index in [-0.39, 0.29) is 47.4 Å². The minimum Gasteiger partial charge on any atom is -0.481 e. The van der Waals surface area contributed by atoms with Gasteiger partial charge in [0.15, 0.2) is 0 Å². The third kappa shape index (κ3) is 4.07. The van der Waals surface area contributed by atoms with Crippen LogP contribution in [-0.4, -0.2) is 44.7 Å². The number of carbonyl (C=O) groups is 1. The number of rotatable bonds is 5. The van der Waals surface area contributed by atoms with E-state index in [2.05, 4.69) is 19.9 Å². The summed E-state index contributed by atoms with van der Waals surface area (Å²) in [7, 11) is 0. The van der Waals surface area contributed by atoms with Crippen molar-refractivity contribution in [3.8, 4) is 0 Å². The Morgan fingerprint density at radius 3 is 2.31 bits per heavy atom. The number of carboxylic acids is 1. The summed E-state index contributed by atoms with van der Waals surface area (Å²) >= 11 is 0. The van der Waals surface area contributed by atoms with Crippen molar-refractivity contribution in [3.63, 3.8) is 0 Å². The van der Waals surface area contributed by atoms with Crippen LogP contribution in [0.5, 0.6) is 0 Å². The van der Waals surface area contributed by atoms with Gasteiger partial charge in [-0.3, -0.25) is 4.79 Å². The van der Waals surface area contributed by atoms with Crippen molar-refractivity contribution in [2.45, 2.75) is 91.0 Å². The average molecular weight is 449 g/mol. The SMILES string of the molecule is C[C@H](/C=C/[C@@H](C)[C@@H](C)C(=O)O)[C@H]1CC[C@H]2[C@@H]1[C@@H](O)C[C@H]1[C@H]2[C@H](O)C[C@@H]2C[C@H](O)CC[C@@]21C. The van der Waals surface area contributed by atoms with Crippen LogP contribution in [0.15, 0.2) is 12.2 Å². The number of aliphatic hydroxyl groups excluding tert-OH is 3. The number of aliphatic hydroxyl groups is 3. The monoisotopic (exact) mass is 448 g/mol. The zero-order valence-corrected chi connectivity index (χ0v) is 20.2. The highest BCUT2D eigenvalue weighted by Gasteiger charge is 2.61. The fourth-order valence-corrected chi connectivity index (χ4v) is 8.44. The number of hydrogen-bond donors (Lipinski definition) is 4. The standard InChI is InChI=1S/C27H44O5/c1-14(16(3)26(31)32)5-6-15(2)19-7-8-20-24(19)23(30)13-21-25(20)22(29)12-17-11-18(28)9-10-27(17,21)4/h5-6,14-25,28-30H,7-13H2,1-4H3,(H,31,32)/b6-5+/t14-,15-,16-,17+,18-,19-,20+,21+,22-,23+,24-,25+,27+/m1/s1. The fraction of sp³-hybridized carbons (Fsp3) is 0.889. The molecule has 4 saturated carbocycles. The number of fused-ring (bicyclic) bond motifs is 5. The second-order valence-corrected chi connectivity index (χ2v) is 12.1. The van der Waals surface area contributed by atoms with Crippen molar-refractivity contribution in [2.24, 2.45) is 58.7 Å². The van der Waals surface area contributed by atoms with Crippen LogP contribution in [0.25, 0.3) is 0 Å². The molecule has 5 heteroatoms. The summed E-state index contributed by atoms with van der Waals surface area (Å²) < 4.78 is 0. The van der Waals surface area contributed by atoms with Crippen LogP contribution < -0.4 is 0 Å². The Morgan fingerprint density at radius 1 is 0.938 bits per heavy atom. The van der Waals surface area contributed by atoms with E-state index < -0.39 is 11.9 Å². The van der Waals surface area contributed by atoms with Gasteiger partial charge in [-0.25, -0.2) is 0 Å². The summed E-state index contributed by atoms with van der Waals surface area (Å²) in [5.74, 6) is 0.988. The Labute approximate surface area is 193 Å². The second kappa shape index (κ2) is 9.03. The van der Waals surface area contributed by atoms with E-state index in [1.54, 1.807) is 6.92 Å². The molecule has 0 heterocycles. The number of aliphatic carboxylic acids is 1. The first-order chi connectivity index (χ1) is 15.0. The van der Waals surface area contributed by atoms with Gasteiger partial charge in [0.05, 0.1) is 24.2 Å². The zero-order chi connectivity index (χ0) is 23.4. The van der Waals surface area contributed by atoms with Gasteiger partial charge in [0, 0.05) is 0 Å². The summed E-state index contributed by atoms with van der Waals surface area (Å²) in [6, 6.07) is 0. The lowest BCUT2D eigenvalue weighted by Crippen LogP contribution is -2.59. The van der Waals surface area contributed by atoms with Gasteiger partial charge in [-0.2, -0.15) is 0 Å². The van der Waals surface area contributed by atoms with Gasteiger partial charge in [0.1, 0.15) is 0 Å². The van der Waals surface area contributed by atoms with E-state index in [9.17, 15) is 25.2 Å². The molecular formula is C27H44O5. The molecule has 4 aliphatic rings. The summed E-state index contributed by atoms with van der Waals surface area (Å²) in [6.07, 6.45) is 9.63. The maximum absolute atomic E-state index is 11.4. The van der Waals surface area contributed by atoms with Gasteiger partial charge in [0.2, 0.25) is 0 Å². The van der Waals surface area contributed by atoms with Crippen LogP contribution >= 0.6 is 0 Å². The lowest BCUT2D eigenvalue weighted by Gasteiger charge is -2.61. The molecular weight excluding hydrogens is 404 g/mol. The number of hydrogen-bond acceptors (Lipinski definition) is 4. The molecule has 0 saturated heterocycles. The van der Waals surface area contributed by atoms with E-state index in [1.165, 1.54) is 0 Å². The predicted octanol–water partition coefficient (Wildman–Crippen LogP) is 4.11. The third-order valence-corrected chi connectivity index (χ3v) is 10.6. The first kappa shape index (κ1) is 24.2. The van der Waals surface area contributed by atoms with E-state index in [0.29, 0.717) is 23.7 Å². The Balaban J connectivity index is 1.51. The molecule has 0 bridgehead atoms. The Kier molecular flexibility index (Phi) is 6.84. The average Bonchev–Trinajstić information content (AvgIpc) is 3.18. The molecule has 4 aliphatic carbocycles. The maximum Gasteiger partial charge on any atom is 0.306 e. The third-order valence-electron chi connectivity index (χ3n) is 10.6. The first-order valence-corrected chi connectivity index (χ1v) is 13.0. The molecule has 0 aliphatic heterocycles. The highest BCUT2D eigenvalue weighted by Crippen LogP contribution is 2.64. The fourth-order valence-electron chi connectivity index (χ4n) is 8.44. The van der Waals surface area contributed by atoms with E-state index in [4.69, 9.17) is 0 Å². The number of carboxylic acid groups (broad SMARTS) is 1. The molecule has 4 rings (SSSR count). The van der Waals surface area contributed by atoms with Gasteiger partial charge in [-0.15, -0.1) is 0 Å². The van der Waals surface area contributed by atoms with Crippen LogP contribution in [0.2, 0.25) is 0 Å². The molecule has 0 unspecified atom stereocenters. The quantitative estimate of drug-likeness (QED) is 0.475. The van der Waals surface area contributed by atoms with Gasteiger partial charge in [-0.05, 0) is 97.7 Å². The Morgan fingerprint density at radius 2 is 1.62 bits per heavy atom. The molecule has 32 heavy (non-hydrogen) atoms. The first-order valence-electron chi connectivity index (χ1n) is 13.0. The maximum atomic E-state index is 11.4. The van der Waals surface area contributed by atoms with Crippen LogP contribution in [-0.2, 0) is 4.79 Å². The smallest absolute Gasteiger partial charge is 0.306 e. The van der Waals surface area contributed by atoms with E-state index in [0.717, 1.165) is 44.9 Å². The summed E-state index contributed by atoms with van der Waals surface area (Å²) in [5, 5.41) is 42.1. The second-order valence-electron chi connectivity index (χ2n) is 12.1. The number of allylic oxidation sites excluding steroid dienone is 2. The largest absolute Gasteiger partial charge is 0.481 e. The van der Waals surface area contributed by atoms with E-state index in [1.807, 2.05) is 13.0 Å². The molecule has 13 atom stereocenters. The highest BCUT2D eigenvalue weighted by atomic mass is 16.4. The normalized spacial score (nSPS) is 49.0. The zero-order valence-electron chi connectivity index (χ0n) is 20.2. The lowest BCUT2D eigenvalue weighted by atomic mass is 9.45. The Hall–Kier alpha value is -0.910. The minimum absolute atomic E-state index is 0.0217. The lowest BCUT2D eigenvalue weighted by molar-refractivity contribution is -0.181. The molecule has 4 fully saturated rings. The molecule has 0 aromatic heterocycles. The van der Waals surface area contributed by atoms with E-state index >= 15 is 0 Å². The van der Waals surface area contributed by atoms with Crippen molar-refractivity contribution in [2.75, 3.05) is 0 Å². The summed E-state index contributed by atoms with van der Waals surface area (Å²) in [4.78, 5) is 11.3. The molecule has 5 nitrogen and oxygen atoms in total. The minimum atomic E-state index is -0.766. The molecule has 182 valence electrons. The molecule has 0 spiro atoms. The van der Waals surface area contributed by atoms with Crippen LogP contribution in [0, 0.1) is 58.7 Å². The molecule has 4 N–H and O–H groups in total. The van der Waals surface area contributed by atoms with Crippen LogP contribution in [0.3, 0.4) is 0 Å². The van der Waals surface area contributed by atoms with Crippen molar-refractivity contribution in [3.05, 3.63) is 12.2 Å². The Bertz CT molecular complexity index is 721. The highest BCUT2D eigenvalue weighted by molar-refractivity contribution is 5.70. The van der Waals surface area contributed by atoms with Gasteiger partial charge < -0.3 is 20.4 Å². The van der Waals surface area contributed by atoms with Crippen LogP contribution in [0.4, 0.5) is 0 Å². The molecule has 0 aromatic carbocycles. The van der Waals surface area contributed by atoms with Gasteiger partial charge in [0.25, 0.3) is 0 Å². The van der Waals surface area contributed by atoms with Crippen molar-refractivity contribution >= 4 is 5.97 Å². The van der Waals surface area contributed by atoms with Gasteiger partial charge in [-0.1, -0.05) is 39.8 Å². The molecule has 0 radical (unpaired) electrons.